The monoisotopic (exact) mass is 336 g/mol. The van der Waals surface area contributed by atoms with Crippen LogP contribution < -0.4 is 15.1 Å². The summed E-state index contributed by atoms with van der Waals surface area (Å²) < 4.78 is 0. The molecule has 1 aromatic heterocycles. The molecule has 1 amide bonds. The minimum absolute atomic E-state index is 0.259. The van der Waals surface area contributed by atoms with Crippen LogP contribution in [-0.2, 0) is 0 Å². The number of benzene rings is 1. The van der Waals surface area contributed by atoms with E-state index in [0.29, 0.717) is 28.6 Å². The van der Waals surface area contributed by atoms with Gasteiger partial charge in [0.25, 0.3) is 5.91 Å². The number of amides is 1. The molecule has 25 heavy (non-hydrogen) atoms. The molecule has 1 aromatic carbocycles. The number of rotatable bonds is 4. The zero-order valence-corrected chi connectivity index (χ0v) is 14.4. The van der Waals surface area contributed by atoms with Crippen LogP contribution in [0, 0.1) is 11.3 Å². The Kier molecular flexibility index (Phi) is 4.80. The van der Waals surface area contributed by atoms with Crippen LogP contribution >= 0.6 is 0 Å². The Morgan fingerprint density at radius 3 is 2.52 bits per heavy atom. The number of nitrogens with zero attached hydrogens (tertiary/aromatic N) is 5. The molecule has 1 aliphatic rings. The average Bonchev–Trinajstić information content (AvgIpc) is 3.16. The summed E-state index contributed by atoms with van der Waals surface area (Å²) in [6, 6.07) is 8.53. The van der Waals surface area contributed by atoms with Crippen molar-refractivity contribution in [2.24, 2.45) is 0 Å². The molecular formula is C18H20N6O. The summed E-state index contributed by atoms with van der Waals surface area (Å²) in [5, 5.41) is 11.7. The largest absolute Gasteiger partial charge is 0.361 e. The van der Waals surface area contributed by atoms with Crippen molar-refractivity contribution in [2.45, 2.75) is 12.8 Å². The van der Waals surface area contributed by atoms with E-state index in [0.717, 1.165) is 25.9 Å². The minimum atomic E-state index is -0.259. The molecule has 7 heteroatoms. The second-order valence-corrected chi connectivity index (χ2v) is 6.14. The maximum Gasteiger partial charge on any atom is 0.255 e. The van der Waals surface area contributed by atoms with Gasteiger partial charge >= 0.3 is 0 Å². The Balaban J connectivity index is 1.83. The molecule has 2 heterocycles. The number of aromatic nitrogens is 2. The van der Waals surface area contributed by atoms with Crippen molar-refractivity contribution in [3.05, 3.63) is 41.6 Å². The smallest absolute Gasteiger partial charge is 0.255 e. The van der Waals surface area contributed by atoms with Crippen LogP contribution in [0.5, 0.6) is 0 Å². The highest BCUT2D eigenvalue weighted by atomic mass is 16.1. The topological polar surface area (TPSA) is 85.2 Å². The summed E-state index contributed by atoms with van der Waals surface area (Å²) in [7, 11) is 3.76. The second-order valence-electron chi connectivity index (χ2n) is 6.14. The molecule has 0 aliphatic carbocycles. The van der Waals surface area contributed by atoms with Crippen LogP contribution in [0.4, 0.5) is 17.5 Å². The lowest BCUT2D eigenvalue weighted by atomic mass is 10.1. The molecule has 7 nitrogen and oxygen atoms in total. The average molecular weight is 336 g/mol. The number of hydrogen-bond acceptors (Lipinski definition) is 6. The van der Waals surface area contributed by atoms with E-state index in [1.165, 1.54) is 0 Å². The van der Waals surface area contributed by atoms with Crippen molar-refractivity contribution in [3.63, 3.8) is 0 Å². The number of carbonyl (C=O) groups is 1. The van der Waals surface area contributed by atoms with Crippen molar-refractivity contribution in [3.8, 4) is 6.07 Å². The van der Waals surface area contributed by atoms with Crippen LogP contribution in [0.25, 0.3) is 0 Å². The highest BCUT2D eigenvalue weighted by molar-refractivity contribution is 6.05. The molecule has 128 valence electrons. The van der Waals surface area contributed by atoms with Gasteiger partial charge in [-0.05, 0) is 37.1 Å². The highest BCUT2D eigenvalue weighted by Crippen LogP contribution is 2.25. The van der Waals surface area contributed by atoms with Crippen LogP contribution in [0.15, 0.2) is 30.5 Å². The summed E-state index contributed by atoms with van der Waals surface area (Å²) in [5.74, 6) is 1.10. The predicted octanol–water partition coefficient (Wildman–Crippen LogP) is 2.27. The SMILES string of the molecule is CN(C)c1nc(N2CCCC2)ncc1NC(=O)c1ccc(C#N)cc1. The number of carbonyl (C=O) groups excluding carboxylic acids is 1. The number of nitrogens with one attached hydrogen (secondary N) is 1. The molecule has 1 fully saturated rings. The van der Waals surface area contributed by atoms with Crippen LogP contribution in [0.1, 0.15) is 28.8 Å². The number of nitriles is 1. The molecule has 0 saturated carbocycles. The fraction of sp³-hybridized carbons (Fsp3) is 0.333. The summed E-state index contributed by atoms with van der Waals surface area (Å²) in [6.07, 6.45) is 3.95. The minimum Gasteiger partial charge on any atom is -0.361 e. The third-order valence-corrected chi connectivity index (χ3v) is 4.09. The van der Waals surface area contributed by atoms with Gasteiger partial charge in [-0.2, -0.15) is 10.2 Å². The first-order chi connectivity index (χ1) is 12.1. The second kappa shape index (κ2) is 7.18. The van der Waals surface area contributed by atoms with Gasteiger partial charge in [0.15, 0.2) is 5.82 Å². The van der Waals surface area contributed by atoms with E-state index in [4.69, 9.17) is 5.26 Å². The van der Waals surface area contributed by atoms with Gasteiger partial charge in [0.2, 0.25) is 5.95 Å². The Morgan fingerprint density at radius 2 is 1.92 bits per heavy atom. The Labute approximate surface area is 146 Å². The quantitative estimate of drug-likeness (QED) is 0.922. The summed E-state index contributed by atoms with van der Waals surface area (Å²) >= 11 is 0. The van der Waals surface area contributed by atoms with Crippen molar-refractivity contribution in [1.82, 2.24) is 9.97 Å². The van der Waals surface area contributed by atoms with Crippen molar-refractivity contribution >= 4 is 23.4 Å². The van der Waals surface area contributed by atoms with Crippen molar-refractivity contribution in [2.75, 3.05) is 42.3 Å². The lowest BCUT2D eigenvalue weighted by molar-refractivity contribution is 0.102. The number of hydrogen-bond donors (Lipinski definition) is 1. The zero-order chi connectivity index (χ0) is 17.8. The lowest BCUT2D eigenvalue weighted by Gasteiger charge is -2.21. The van der Waals surface area contributed by atoms with E-state index in [-0.39, 0.29) is 5.91 Å². The lowest BCUT2D eigenvalue weighted by Crippen LogP contribution is -2.23. The number of anilines is 3. The molecular weight excluding hydrogens is 316 g/mol. The van der Waals surface area contributed by atoms with Crippen LogP contribution in [0.2, 0.25) is 0 Å². The molecule has 1 aliphatic heterocycles. The molecule has 0 spiro atoms. The van der Waals surface area contributed by atoms with Gasteiger partial charge in [-0.1, -0.05) is 0 Å². The summed E-state index contributed by atoms with van der Waals surface area (Å²) in [5.41, 5.74) is 1.55. The van der Waals surface area contributed by atoms with Crippen molar-refractivity contribution in [1.29, 1.82) is 5.26 Å². The van der Waals surface area contributed by atoms with E-state index >= 15 is 0 Å². The van der Waals surface area contributed by atoms with Gasteiger partial charge in [-0.25, -0.2) is 4.98 Å². The fourth-order valence-corrected chi connectivity index (χ4v) is 2.75. The molecule has 0 unspecified atom stereocenters. The highest BCUT2D eigenvalue weighted by Gasteiger charge is 2.19. The maximum atomic E-state index is 12.5. The molecule has 0 atom stereocenters. The van der Waals surface area contributed by atoms with Crippen LogP contribution in [0.3, 0.4) is 0 Å². The third kappa shape index (κ3) is 3.69. The maximum absolute atomic E-state index is 12.5. The Hall–Kier alpha value is -3.14. The normalized spacial score (nSPS) is 13.4. The van der Waals surface area contributed by atoms with Gasteiger partial charge in [0, 0.05) is 32.7 Å². The first-order valence-corrected chi connectivity index (χ1v) is 8.19. The van der Waals surface area contributed by atoms with Crippen molar-refractivity contribution < 1.29 is 4.79 Å². The van der Waals surface area contributed by atoms with Gasteiger partial charge < -0.3 is 15.1 Å². The first kappa shape index (κ1) is 16.7. The summed E-state index contributed by atoms with van der Waals surface area (Å²) in [6.45, 7) is 1.92. The molecule has 1 N–H and O–H groups in total. The molecule has 0 radical (unpaired) electrons. The van der Waals surface area contributed by atoms with E-state index in [1.807, 2.05) is 25.1 Å². The molecule has 0 bridgehead atoms. The Bertz CT molecular complexity index is 803. The van der Waals surface area contributed by atoms with Gasteiger partial charge in [0.05, 0.1) is 17.8 Å². The van der Waals surface area contributed by atoms with E-state index < -0.39 is 0 Å². The van der Waals surface area contributed by atoms with E-state index in [2.05, 4.69) is 20.2 Å². The predicted molar refractivity (Wildman–Crippen MR) is 96.9 cm³/mol. The van der Waals surface area contributed by atoms with Gasteiger partial charge in [0.1, 0.15) is 5.69 Å². The van der Waals surface area contributed by atoms with Crippen LogP contribution in [-0.4, -0.2) is 43.1 Å². The van der Waals surface area contributed by atoms with E-state index in [1.54, 1.807) is 30.5 Å². The first-order valence-electron chi connectivity index (χ1n) is 8.19. The third-order valence-electron chi connectivity index (χ3n) is 4.09. The standard InChI is InChI=1S/C18H20N6O/c1-23(2)16-15(12-20-18(22-16)24-9-3-4-10-24)21-17(25)14-7-5-13(11-19)6-8-14/h5-8,12H,3-4,9-10H2,1-2H3,(H,21,25). The Morgan fingerprint density at radius 1 is 1.24 bits per heavy atom. The van der Waals surface area contributed by atoms with Gasteiger partial charge in [-0.3, -0.25) is 4.79 Å². The summed E-state index contributed by atoms with van der Waals surface area (Å²) in [4.78, 5) is 25.5. The zero-order valence-electron chi connectivity index (χ0n) is 14.4. The molecule has 1 saturated heterocycles. The van der Waals surface area contributed by atoms with Gasteiger partial charge in [-0.15, -0.1) is 0 Å². The van der Waals surface area contributed by atoms with E-state index in [9.17, 15) is 4.79 Å². The molecule has 3 rings (SSSR count). The fourth-order valence-electron chi connectivity index (χ4n) is 2.75. The molecule has 2 aromatic rings.